The molecule has 1 nitrogen and oxygen atoms in total. The van der Waals surface area contributed by atoms with E-state index in [0.717, 1.165) is 6.54 Å². The molecule has 0 bridgehead atoms. The van der Waals surface area contributed by atoms with Crippen molar-refractivity contribution in [2.24, 2.45) is 0 Å². The quantitative estimate of drug-likeness (QED) is 0.852. The van der Waals surface area contributed by atoms with E-state index in [0.29, 0.717) is 0 Å². The SMILES string of the molecule is CCNC(c1cc(C)ccc1C)c1cc(C)ccc1C. The Kier molecular flexibility index (Phi) is 4.61. The maximum atomic E-state index is 3.65. The summed E-state index contributed by atoms with van der Waals surface area (Å²) < 4.78 is 0. The third-order valence-electron chi connectivity index (χ3n) is 3.90. The zero-order valence-corrected chi connectivity index (χ0v) is 13.2. The minimum absolute atomic E-state index is 0.278. The van der Waals surface area contributed by atoms with Gasteiger partial charge in [-0.2, -0.15) is 0 Å². The van der Waals surface area contributed by atoms with Crippen molar-refractivity contribution in [3.05, 3.63) is 69.8 Å². The van der Waals surface area contributed by atoms with Gasteiger partial charge in [0, 0.05) is 0 Å². The van der Waals surface area contributed by atoms with E-state index in [1.54, 1.807) is 0 Å². The van der Waals surface area contributed by atoms with Crippen LogP contribution in [0, 0.1) is 27.7 Å². The van der Waals surface area contributed by atoms with Crippen LogP contribution in [-0.2, 0) is 0 Å². The smallest absolute Gasteiger partial charge is 0.0582 e. The summed E-state index contributed by atoms with van der Waals surface area (Å²) in [5.74, 6) is 0. The second-order valence-electron chi connectivity index (χ2n) is 5.71. The highest BCUT2D eigenvalue weighted by Crippen LogP contribution is 2.28. The molecule has 0 aliphatic rings. The fourth-order valence-corrected chi connectivity index (χ4v) is 2.73. The van der Waals surface area contributed by atoms with Crippen LogP contribution in [0.4, 0.5) is 0 Å². The fraction of sp³-hybridized carbons (Fsp3) is 0.368. The van der Waals surface area contributed by atoms with Gasteiger partial charge in [-0.05, 0) is 56.5 Å². The molecule has 0 aromatic heterocycles. The zero-order valence-electron chi connectivity index (χ0n) is 13.2. The molecule has 1 heteroatoms. The van der Waals surface area contributed by atoms with Gasteiger partial charge in [0.1, 0.15) is 0 Å². The number of hydrogen-bond donors (Lipinski definition) is 1. The number of nitrogens with one attached hydrogen (secondary N) is 1. The summed E-state index contributed by atoms with van der Waals surface area (Å²) in [5, 5.41) is 3.65. The van der Waals surface area contributed by atoms with Gasteiger partial charge in [0.15, 0.2) is 0 Å². The predicted molar refractivity (Wildman–Crippen MR) is 87.4 cm³/mol. The van der Waals surface area contributed by atoms with Crippen molar-refractivity contribution >= 4 is 0 Å². The molecule has 0 unspecified atom stereocenters. The number of aryl methyl sites for hydroxylation is 4. The van der Waals surface area contributed by atoms with Gasteiger partial charge in [-0.3, -0.25) is 0 Å². The molecule has 0 radical (unpaired) electrons. The Morgan fingerprint density at radius 1 is 0.800 bits per heavy atom. The van der Waals surface area contributed by atoms with E-state index in [-0.39, 0.29) is 6.04 Å². The third kappa shape index (κ3) is 3.10. The van der Waals surface area contributed by atoms with Gasteiger partial charge in [0.05, 0.1) is 6.04 Å². The van der Waals surface area contributed by atoms with E-state index in [9.17, 15) is 0 Å². The summed E-state index contributed by atoms with van der Waals surface area (Å²) in [6.45, 7) is 11.9. The molecular formula is C19H25N. The van der Waals surface area contributed by atoms with Crippen LogP contribution in [0.1, 0.15) is 46.3 Å². The Labute approximate surface area is 123 Å². The standard InChI is InChI=1S/C19H25N/c1-6-20-19(17-11-13(2)7-9-15(17)4)18-12-14(3)8-10-16(18)5/h7-12,19-20H,6H2,1-5H3. The molecule has 2 rings (SSSR count). The van der Waals surface area contributed by atoms with Crippen molar-refractivity contribution < 1.29 is 0 Å². The molecule has 0 aliphatic carbocycles. The molecule has 0 spiro atoms. The van der Waals surface area contributed by atoms with Gasteiger partial charge in [-0.25, -0.2) is 0 Å². The lowest BCUT2D eigenvalue weighted by molar-refractivity contribution is 0.624. The normalized spacial score (nSPS) is 11.1. The lowest BCUT2D eigenvalue weighted by atomic mass is 9.90. The van der Waals surface area contributed by atoms with Crippen LogP contribution in [-0.4, -0.2) is 6.54 Å². The molecule has 0 saturated carbocycles. The molecule has 0 heterocycles. The van der Waals surface area contributed by atoms with Crippen molar-refractivity contribution in [2.75, 3.05) is 6.54 Å². The van der Waals surface area contributed by atoms with Crippen molar-refractivity contribution in [3.63, 3.8) is 0 Å². The Balaban J connectivity index is 2.55. The van der Waals surface area contributed by atoms with Crippen molar-refractivity contribution in [3.8, 4) is 0 Å². The molecule has 0 atom stereocenters. The number of hydrogen-bond acceptors (Lipinski definition) is 1. The number of rotatable bonds is 4. The van der Waals surface area contributed by atoms with Gasteiger partial charge in [0.2, 0.25) is 0 Å². The highest BCUT2D eigenvalue weighted by atomic mass is 14.9. The Morgan fingerprint density at radius 3 is 1.65 bits per heavy atom. The van der Waals surface area contributed by atoms with Crippen LogP contribution >= 0.6 is 0 Å². The second-order valence-corrected chi connectivity index (χ2v) is 5.71. The van der Waals surface area contributed by atoms with E-state index >= 15 is 0 Å². The first-order valence-corrected chi connectivity index (χ1v) is 7.40. The maximum absolute atomic E-state index is 3.65. The van der Waals surface area contributed by atoms with Crippen LogP contribution in [0.15, 0.2) is 36.4 Å². The lowest BCUT2D eigenvalue weighted by Gasteiger charge is -2.23. The summed E-state index contributed by atoms with van der Waals surface area (Å²) in [5.41, 5.74) is 8.11. The first-order valence-electron chi connectivity index (χ1n) is 7.40. The maximum Gasteiger partial charge on any atom is 0.0582 e. The average molecular weight is 267 g/mol. The van der Waals surface area contributed by atoms with Crippen molar-refractivity contribution in [1.82, 2.24) is 5.32 Å². The highest BCUT2D eigenvalue weighted by molar-refractivity contribution is 5.43. The molecule has 106 valence electrons. The van der Waals surface area contributed by atoms with E-state index in [1.165, 1.54) is 33.4 Å². The number of benzene rings is 2. The minimum atomic E-state index is 0.278. The van der Waals surface area contributed by atoms with Crippen LogP contribution in [0.2, 0.25) is 0 Å². The fourth-order valence-electron chi connectivity index (χ4n) is 2.73. The highest BCUT2D eigenvalue weighted by Gasteiger charge is 2.17. The summed E-state index contributed by atoms with van der Waals surface area (Å²) in [4.78, 5) is 0. The Bertz CT molecular complexity index is 547. The minimum Gasteiger partial charge on any atom is -0.307 e. The van der Waals surface area contributed by atoms with E-state index in [4.69, 9.17) is 0 Å². The monoisotopic (exact) mass is 267 g/mol. The van der Waals surface area contributed by atoms with Crippen LogP contribution in [0.25, 0.3) is 0 Å². The molecule has 0 fully saturated rings. The van der Waals surface area contributed by atoms with Crippen LogP contribution in [0.5, 0.6) is 0 Å². The van der Waals surface area contributed by atoms with E-state index in [1.807, 2.05) is 0 Å². The summed E-state index contributed by atoms with van der Waals surface area (Å²) >= 11 is 0. The first-order chi connectivity index (χ1) is 9.52. The zero-order chi connectivity index (χ0) is 14.7. The first kappa shape index (κ1) is 14.8. The van der Waals surface area contributed by atoms with E-state index < -0.39 is 0 Å². The molecule has 2 aromatic rings. The lowest BCUT2D eigenvalue weighted by Crippen LogP contribution is -2.23. The topological polar surface area (TPSA) is 12.0 Å². The third-order valence-corrected chi connectivity index (χ3v) is 3.90. The average Bonchev–Trinajstić information content (AvgIpc) is 2.42. The second kappa shape index (κ2) is 6.23. The Morgan fingerprint density at radius 2 is 1.25 bits per heavy atom. The molecule has 2 aromatic carbocycles. The Hall–Kier alpha value is -1.60. The van der Waals surface area contributed by atoms with Gasteiger partial charge < -0.3 is 5.32 Å². The molecule has 0 amide bonds. The van der Waals surface area contributed by atoms with Gasteiger partial charge in [-0.1, -0.05) is 54.4 Å². The van der Waals surface area contributed by atoms with Crippen molar-refractivity contribution in [1.29, 1.82) is 0 Å². The van der Waals surface area contributed by atoms with Crippen LogP contribution in [0.3, 0.4) is 0 Å². The molecular weight excluding hydrogens is 242 g/mol. The summed E-state index contributed by atoms with van der Waals surface area (Å²) in [6, 6.07) is 13.7. The molecule has 0 aliphatic heterocycles. The summed E-state index contributed by atoms with van der Waals surface area (Å²) in [7, 11) is 0. The van der Waals surface area contributed by atoms with Gasteiger partial charge in [-0.15, -0.1) is 0 Å². The molecule has 0 saturated heterocycles. The molecule has 1 N–H and O–H groups in total. The van der Waals surface area contributed by atoms with E-state index in [2.05, 4.69) is 76.3 Å². The predicted octanol–water partition coefficient (Wildman–Crippen LogP) is 4.62. The van der Waals surface area contributed by atoms with Gasteiger partial charge in [0.25, 0.3) is 0 Å². The van der Waals surface area contributed by atoms with Crippen molar-refractivity contribution in [2.45, 2.75) is 40.7 Å². The van der Waals surface area contributed by atoms with Gasteiger partial charge >= 0.3 is 0 Å². The summed E-state index contributed by atoms with van der Waals surface area (Å²) in [6.07, 6.45) is 0. The molecule has 20 heavy (non-hydrogen) atoms. The largest absolute Gasteiger partial charge is 0.307 e. The van der Waals surface area contributed by atoms with Crippen LogP contribution < -0.4 is 5.32 Å².